The van der Waals surface area contributed by atoms with E-state index in [4.69, 9.17) is 4.74 Å². The van der Waals surface area contributed by atoms with Gasteiger partial charge in [-0.2, -0.15) is 4.31 Å². The van der Waals surface area contributed by atoms with Gasteiger partial charge in [-0.25, -0.2) is 30.8 Å². The largest absolute Gasteiger partial charge is 0.453 e. The summed E-state index contributed by atoms with van der Waals surface area (Å²) in [5.74, 6) is -5.17. The Morgan fingerprint density at radius 2 is 1.65 bits per heavy atom. The summed E-state index contributed by atoms with van der Waals surface area (Å²) in [6.45, 7) is 2.86. The highest BCUT2D eigenvalue weighted by molar-refractivity contribution is 7.90. The predicted octanol–water partition coefficient (Wildman–Crippen LogP) is 5.22. The minimum absolute atomic E-state index is 0.0313. The lowest BCUT2D eigenvalue weighted by atomic mass is 9.84. The Hall–Kier alpha value is -4.01. The fourth-order valence-corrected chi connectivity index (χ4v) is 8.62. The number of carbonyl (C=O) groups is 2. The molecule has 1 saturated heterocycles. The van der Waals surface area contributed by atoms with Gasteiger partial charge in [0.15, 0.2) is 0 Å². The molecule has 1 heterocycles. The second-order valence-electron chi connectivity index (χ2n) is 12.2. The number of methoxy groups -OCH3 is 1. The molecular formula is C34H38F4N4O5S. The second kappa shape index (κ2) is 15.0. The highest BCUT2D eigenvalue weighted by Gasteiger charge is 2.45. The summed E-state index contributed by atoms with van der Waals surface area (Å²) in [6.07, 6.45) is 1.24. The van der Waals surface area contributed by atoms with E-state index < -0.39 is 57.3 Å². The second-order valence-corrected chi connectivity index (χ2v) is 14.3. The lowest BCUT2D eigenvalue weighted by molar-refractivity contribution is -0.118. The van der Waals surface area contributed by atoms with Crippen molar-refractivity contribution < 1.29 is 40.3 Å². The van der Waals surface area contributed by atoms with Crippen LogP contribution >= 0.6 is 0 Å². The molecule has 48 heavy (non-hydrogen) atoms. The molecule has 0 bridgehead atoms. The number of amides is 2. The molecule has 0 aromatic heterocycles. The highest BCUT2D eigenvalue weighted by atomic mass is 32.2. The van der Waals surface area contributed by atoms with Crippen LogP contribution in [0.15, 0.2) is 60.7 Å². The normalized spacial score (nSPS) is 19.7. The molecule has 2 fully saturated rings. The van der Waals surface area contributed by atoms with Crippen LogP contribution in [-0.4, -0.2) is 68.3 Å². The van der Waals surface area contributed by atoms with Gasteiger partial charge in [0, 0.05) is 48.4 Å². The molecule has 258 valence electrons. The standard InChI is InChI=1S/C34H38F4N4O5S/c1-20-18-39-19-26(42(20)48(45,46)27-13-14-27)5-3-6-28-29(38)7-4-8-30(28)40-33(43)32(41-34(44)47-2)31(21-9-11-23(35)12-10-21)22-15-24(36)17-25(37)16-22/h4,7-12,15-17,20,26-27,31-32,39H,3,5-6,13-14,18-19H2,1-2H3,(H,40,43)(H,41,44)/t20-,26-,31-,32-/m0/s1. The molecule has 2 aliphatic rings. The quantitative estimate of drug-likeness (QED) is 0.225. The van der Waals surface area contributed by atoms with Crippen molar-refractivity contribution in [1.29, 1.82) is 0 Å². The predicted molar refractivity (Wildman–Crippen MR) is 172 cm³/mol. The van der Waals surface area contributed by atoms with Crippen LogP contribution in [0.25, 0.3) is 0 Å². The molecule has 4 atom stereocenters. The minimum atomic E-state index is -3.45. The summed E-state index contributed by atoms with van der Waals surface area (Å²) < 4.78 is 90.7. The van der Waals surface area contributed by atoms with Crippen molar-refractivity contribution in [3.05, 3.63) is 101 Å². The van der Waals surface area contributed by atoms with E-state index in [1.807, 2.05) is 6.92 Å². The fraction of sp³-hybridized carbons (Fsp3) is 0.412. The number of nitrogens with one attached hydrogen (secondary N) is 3. The molecule has 2 amide bonds. The van der Waals surface area contributed by atoms with Gasteiger partial charge >= 0.3 is 6.09 Å². The third-order valence-electron chi connectivity index (χ3n) is 8.74. The lowest BCUT2D eigenvalue weighted by Crippen LogP contribution is -2.58. The van der Waals surface area contributed by atoms with Crippen molar-refractivity contribution in [2.75, 3.05) is 25.5 Å². The van der Waals surface area contributed by atoms with Crippen LogP contribution in [0.4, 0.5) is 28.0 Å². The Bertz CT molecular complexity index is 1720. The molecule has 0 spiro atoms. The minimum Gasteiger partial charge on any atom is -0.453 e. The third kappa shape index (κ3) is 8.16. The molecule has 5 rings (SSSR count). The molecule has 9 nitrogen and oxygen atoms in total. The van der Waals surface area contributed by atoms with Gasteiger partial charge in [0.2, 0.25) is 15.9 Å². The number of alkyl carbamates (subject to hydrolysis) is 1. The van der Waals surface area contributed by atoms with Gasteiger partial charge in [0.05, 0.1) is 12.4 Å². The van der Waals surface area contributed by atoms with Gasteiger partial charge in [-0.1, -0.05) is 18.2 Å². The Morgan fingerprint density at radius 3 is 2.29 bits per heavy atom. The first-order chi connectivity index (χ1) is 22.9. The van der Waals surface area contributed by atoms with E-state index in [-0.39, 0.29) is 46.1 Å². The van der Waals surface area contributed by atoms with E-state index in [0.717, 1.165) is 31.4 Å². The van der Waals surface area contributed by atoms with Gasteiger partial charge in [-0.3, -0.25) is 4.79 Å². The number of anilines is 1. The van der Waals surface area contributed by atoms with E-state index in [2.05, 4.69) is 16.0 Å². The Labute approximate surface area is 277 Å². The van der Waals surface area contributed by atoms with Crippen LogP contribution in [0.5, 0.6) is 0 Å². The smallest absolute Gasteiger partial charge is 0.407 e. The molecule has 0 radical (unpaired) electrons. The first-order valence-electron chi connectivity index (χ1n) is 15.8. The van der Waals surface area contributed by atoms with Crippen LogP contribution in [-0.2, 0) is 26.0 Å². The average Bonchev–Trinajstić information content (AvgIpc) is 3.89. The first kappa shape index (κ1) is 35.3. The molecule has 1 aliphatic heterocycles. The van der Waals surface area contributed by atoms with Gasteiger partial charge in [0.1, 0.15) is 29.3 Å². The van der Waals surface area contributed by atoms with Crippen LogP contribution in [0.2, 0.25) is 0 Å². The van der Waals surface area contributed by atoms with Crippen molar-refractivity contribution in [1.82, 2.24) is 14.9 Å². The van der Waals surface area contributed by atoms with E-state index in [0.29, 0.717) is 44.8 Å². The van der Waals surface area contributed by atoms with Gasteiger partial charge < -0.3 is 20.7 Å². The summed E-state index contributed by atoms with van der Waals surface area (Å²) in [5.41, 5.74) is 0.471. The number of ether oxygens (including phenoxy) is 1. The number of halogens is 4. The van der Waals surface area contributed by atoms with Crippen molar-refractivity contribution in [3.8, 4) is 0 Å². The monoisotopic (exact) mass is 690 g/mol. The number of hydrogen-bond donors (Lipinski definition) is 3. The lowest BCUT2D eigenvalue weighted by Gasteiger charge is -2.40. The summed E-state index contributed by atoms with van der Waals surface area (Å²) in [4.78, 5) is 26.5. The molecule has 3 aromatic carbocycles. The number of hydrogen-bond acceptors (Lipinski definition) is 6. The van der Waals surface area contributed by atoms with Crippen molar-refractivity contribution in [2.24, 2.45) is 0 Å². The summed E-state index contributed by atoms with van der Waals surface area (Å²) >= 11 is 0. The van der Waals surface area contributed by atoms with E-state index in [9.17, 15) is 31.2 Å². The van der Waals surface area contributed by atoms with E-state index in [1.54, 1.807) is 4.31 Å². The number of sulfonamides is 1. The van der Waals surface area contributed by atoms with E-state index in [1.165, 1.54) is 30.3 Å². The van der Waals surface area contributed by atoms with Crippen molar-refractivity contribution in [3.63, 3.8) is 0 Å². The number of benzene rings is 3. The van der Waals surface area contributed by atoms with Crippen molar-refractivity contribution in [2.45, 2.75) is 68.3 Å². The van der Waals surface area contributed by atoms with Crippen LogP contribution in [0.1, 0.15) is 55.2 Å². The van der Waals surface area contributed by atoms with E-state index >= 15 is 4.39 Å². The number of carbonyl (C=O) groups excluding carboxylic acids is 2. The summed E-state index contributed by atoms with van der Waals surface area (Å²) in [5, 5.41) is 8.00. The topological polar surface area (TPSA) is 117 Å². The summed E-state index contributed by atoms with van der Waals surface area (Å²) in [7, 11) is -2.38. The van der Waals surface area contributed by atoms with Gasteiger partial charge in [0.25, 0.3) is 0 Å². The zero-order chi connectivity index (χ0) is 34.6. The van der Waals surface area contributed by atoms with Crippen LogP contribution in [0, 0.1) is 23.3 Å². The fourth-order valence-electron chi connectivity index (χ4n) is 6.37. The molecule has 0 unspecified atom stereocenters. The van der Waals surface area contributed by atoms with Crippen LogP contribution < -0.4 is 16.0 Å². The zero-order valence-corrected chi connectivity index (χ0v) is 27.3. The maximum atomic E-state index is 15.3. The van der Waals surface area contributed by atoms with Gasteiger partial charge in [-0.15, -0.1) is 0 Å². The molecule has 1 aliphatic carbocycles. The number of rotatable bonds is 12. The molecule has 3 N–H and O–H groups in total. The Kier molecular flexibility index (Phi) is 11.1. The van der Waals surface area contributed by atoms with Gasteiger partial charge in [-0.05, 0) is 86.6 Å². The zero-order valence-electron chi connectivity index (χ0n) is 26.5. The van der Waals surface area contributed by atoms with Crippen LogP contribution in [0.3, 0.4) is 0 Å². The maximum Gasteiger partial charge on any atom is 0.407 e. The Balaban J connectivity index is 1.41. The molecule has 3 aromatic rings. The molecular weight excluding hydrogens is 652 g/mol. The average molecular weight is 691 g/mol. The number of piperazine rings is 1. The SMILES string of the molecule is COC(=O)N[C@H](C(=O)Nc1cccc(F)c1CCC[C@H]1CNC[C@H](C)N1S(=O)(=O)C1CC1)[C@@H](c1ccc(F)cc1)c1cc(F)cc(F)c1. The van der Waals surface area contributed by atoms with Crippen molar-refractivity contribution >= 4 is 27.7 Å². The molecule has 1 saturated carbocycles. The maximum absolute atomic E-state index is 15.3. The molecule has 14 heteroatoms. The Morgan fingerprint density at radius 1 is 0.958 bits per heavy atom. The first-order valence-corrected chi connectivity index (χ1v) is 17.3. The third-order valence-corrected chi connectivity index (χ3v) is 11.3. The number of nitrogens with zero attached hydrogens (tertiary/aromatic N) is 1. The summed E-state index contributed by atoms with van der Waals surface area (Å²) in [6, 6.07) is 9.52. The highest BCUT2D eigenvalue weighted by Crippen LogP contribution is 2.35.